The van der Waals surface area contributed by atoms with Crippen molar-refractivity contribution in [1.29, 1.82) is 5.41 Å². The van der Waals surface area contributed by atoms with Crippen LogP contribution < -0.4 is 29.2 Å². The van der Waals surface area contributed by atoms with Crippen LogP contribution in [0.5, 0.6) is 23.0 Å². The molecule has 0 saturated carbocycles. The average molecular weight is 532 g/mol. The van der Waals surface area contributed by atoms with Crippen LogP contribution in [0.2, 0.25) is 0 Å². The van der Waals surface area contributed by atoms with Gasteiger partial charge in [0.05, 0.1) is 34.2 Å². The van der Waals surface area contributed by atoms with Crippen LogP contribution in [0.15, 0.2) is 54.4 Å². The lowest BCUT2D eigenvalue weighted by molar-refractivity contribution is 0.389. The standard InChI is InChI=1S/C30H37N5O4/c1-32-29-28(27(31)20-9-7-6-8-10-20)33-19-34-30(29)35(17-21-11-13-23(36-2)15-25(21)38-4)18-22-12-14-24(37-3)16-26(22)39-5/h9,11-16,19,31-32H,6-8,10,17-18H2,1-5H3. The van der Waals surface area contributed by atoms with Crippen molar-refractivity contribution in [1.82, 2.24) is 9.97 Å². The molecule has 2 N–H and O–H groups in total. The molecule has 0 bridgehead atoms. The Hall–Kier alpha value is -4.27. The van der Waals surface area contributed by atoms with E-state index in [0.717, 1.165) is 42.4 Å². The van der Waals surface area contributed by atoms with E-state index in [1.807, 2.05) is 43.4 Å². The van der Waals surface area contributed by atoms with Crippen molar-refractivity contribution >= 4 is 17.2 Å². The van der Waals surface area contributed by atoms with E-state index in [1.54, 1.807) is 28.4 Å². The number of hydrogen-bond donors (Lipinski definition) is 2. The van der Waals surface area contributed by atoms with Crippen LogP contribution in [0.4, 0.5) is 11.5 Å². The largest absolute Gasteiger partial charge is 0.497 e. The summed E-state index contributed by atoms with van der Waals surface area (Å²) in [6.07, 6.45) is 7.82. The zero-order valence-electron chi connectivity index (χ0n) is 23.3. The molecule has 9 heteroatoms. The van der Waals surface area contributed by atoms with Crippen molar-refractivity contribution in [3.63, 3.8) is 0 Å². The third kappa shape index (κ3) is 6.25. The highest BCUT2D eigenvalue weighted by Crippen LogP contribution is 2.35. The first kappa shape index (κ1) is 27.8. The van der Waals surface area contributed by atoms with Crippen molar-refractivity contribution in [3.8, 4) is 23.0 Å². The first-order valence-electron chi connectivity index (χ1n) is 13.0. The number of hydrogen-bond acceptors (Lipinski definition) is 9. The van der Waals surface area contributed by atoms with Gasteiger partial charge in [0, 0.05) is 43.4 Å². The number of allylic oxidation sites excluding steroid dienone is 2. The Bertz CT molecular complexity index is 1280. The zero-order valence-corrected chi connectivity index (χ0v) is 23.3. The fourth-order valence-electron chi connectivity index (χ4n) is 4.83. The number of anilines is 2. The molecule has 2 aromatic carbocycles. The number of benzene rings is 2. The van der Waals surface area contributed by atoms with E-state index >= 15 is 0 Å². The van der Waals surface area contributed by atoms with E-state index in [2.05, 4.69) is 21.3 Å². The number of nitrogens with one attached hydrogen (secondary N) is 2. The second-order valence-corrected chi connectivity index (χ2v) is 9.23. The summed E-state index contributed by atoms with van der Waals surface area (Å²) in [4.78, 5) is 11.4. The van der Waals surface area contributed by atoms with E-state index < -0.39 is 0 Å². The maximum absolute atomic E-state index is 8.98. The van der Waals surface area contributed by atoms with Gasteiger partial charge in [0.1, 0.15) is 40.7 Å². The minimum atomic E-state index is 0.437. The molecule has 1 heterocycles. The molecule has 0 spiro atoms. The zero-order chi connectivity index (χ0) is 27.8. The SMILES string of the molecule is CNc1c(C(=N)C2=CCCCC2)ncnc1N(Cc1ccc(OC)cc1OC)Cc1ccc(OC)cc1OC. The van der Waals surface area contributed by atoms with Crippen LogP contribution in [-0.2, 0) is 13.1 Å². The minimum Gasteiger partial charge on any atom is -0.497 e. The van der Waals surface area contributed by atoms with Gasteiger partial charge in [-0.25, -0.2) is 9.97 Å². The quantitative estimate of drug-likeness (QED) is 0.290. The van der Waals surface area contributed by atoms with Gasteiger partial charge in [0.15, 0.2) is 5.82 Å². The molecule has 0 amide bonds. The fraction of sp³-hybridized carbons (Fsp3) is 0.367. The molecule has 3 aromatic rings. The predicted octanol–water partition coefficient (Wildman–Crippen LogP) is 5.63. The summed E-state index contributed by atoms with van der Waals surface area (Å²) in [7, 11) is 8.41. The van der Waals surface area contributed by atoms with Gasteiger partial charge in [-0.1, -0.05) is 6.08 Å². The molecule has 0 fully saturated rings. The van der Waals surface area contributed by atoms with Crippen molar-refractivity contribution in [2.45, 2.75) is 38.8 Å². The number of ether oxygens (including phenoxy) is 4. The minimum absolute atomic E-state index is 0.437. The monoisotopic (exact) mass is 531 g/mol. The second kappa shape index (κ2) is 13.0. The van der Waals surface area contributed by atoms with Gasteiger partial charge in [-0.15, -0.1) is 0 Å². The van der Waals surface area contributed by atoms with Crippen molar-refractivity contribution < 1.29 is 18.9 Å². The molecular weight excluding hydrogens is 494 g/mol. The number of aromatic nitrogens is 2. The van der Waals surface area contributed by atoms with E-state index in [-0.39, 0.29) is 0 Å². The van der Waals surface area contributed by atoms with Crippen molar-refractivity contribution in [2.75, 3.05) is 45.7 Å². The lowest BCUT2D eigenvalue weighted by atomic mass is 9.94. The van der Waals surface area contributed by atoms with Crippen LogP contribution in [0.1, 0.15) is 42.5 Å². The molecule has 0 unspecified atom stereocenters. The lowest BCUT2D eigenvalue weighted by Gasteiger charge is -2.28. The van der Waals surface area contributed by atoms with Gasteiger partial charge in [-0.05, 0) is 55.5 Å². The van der Waals surface area contributed by atoms with Gasteiger partial charge in [0.25, 0.3) is 0 Å². The molecule has 0 radical (unpaired) electrons. The maximum atomic E-state index is 8.98. The fourth-order valence-corrected chi connectivity index (χ4v) is 4.83. The molecule has 0 saturated heterocycles. The van der Waals surface area contributed by atoms with E-state index in [4.69, 9.17) is 29.3 Å². The molecule has 206 valence electrons. The smallest absolute Gasteiger partial charge is 0.156 e. The van der Waals surface area contributed by atoms with E-state index in [0.29, 0.717) is 59.0 Å². The molecule has 39 heavy (non-hydrogen) atoms. The molecule has 1 aliphatic carbocycles. The highest BCUT2D eigenvalue weighted by molar-refractivity contribution is 6.13. The number of nitrogens with zero attached hydrogens (tertiary/aromatic N) is 3. The third-order valence-corrected chi connectivity index (χ3v) is 6.94. The van der Waals surface area contributed by atoms with Gasteiger partial charge in [-0.3, -0.25) is 5.41 Å². The normalized spacial score (nSPS) is 12.8. The number of methoxy groups -OCH3 is 4. The summed E-state index contributed by atoms with van der Waals surface area (Å²) >= 11 is 0. The Kier molecular flexibility index (Phi) is 9.25. The van der Waals surface area contributed by atoms with Gasteiger partial charge < -0.3 is 29.2 Å². The van der Waals surface area contributed by atoms with Gasteiger partial charge in [-0.2, -0.15) is 0 Å². The highest BCUT2D eigenvalue weighted by Gasteiger charge is 2.24. The average Bonchev–Trinajstić information content (AvgIpc) is 3.00. The van der Waals surface area contributed by atoms with Crippen molar-refractivity contribution in [2.24, 2.45) is 0 Å². The molecule has 1 aliphatic rings. The Morgan fingerprint density at radius 3 is 1.97 bits per heavy atom. The van der Waals surface area contributed by atoms with Gasteiger partial charge in [0.2, 0.25) is 0 Å². The summed E-state index contributed by atoms with van der Waals surface area (Å²) in [5.74, 6) is 3.53. The summed E-state index contributed by atoms with van der Waals surface area (Å²) in [6.45, 7) is 0.951. The Labute approximate surface area is 230 Å². The second-order valence-electron chi connectivity index (χ2n) is 9.23. The molecule has 9 nitrogen and oxygen atoms in total. The summed E-state index contributed by atoms with van der Waals surface area (Å²) < 4.78 is 22.2. The molecule has 1 aromatic heterocycles. The molecular formula is C30H37N5O4. The van der Waals surface area contributed by atoms with Crippen LogP contribution in [0.25, 0.3) is 0 Å². The van der Waals surface area contributed by atoms with Crippen molar-refractivity contribution in [3.05, 3.63) is 71.2 Å². The summed E-state index contributed by atoms with van der Waals surface area (Å²) in [6, 6.07) is 11.6. The Morgan fingerprint density at radius 1 is 0.872 bits per heavy atom. The van der Waals surface area contributed by atoms with Crippen LogP contribution >= 0.6 is 0 Å². The first-order valence-corrected chi connectivity index (χ1v) is 13.0. The summed E-state index contributed by atoms with van der Waals surface area (Å²) in [5.41, 5.74) is 4.67. The molecule has 0 atom stereocenters. The van der Waals surface area contributed by atoms with Gasteiger partial charge >= 0.3 is 0 Å². The molecule has 4 rings (SSSR count). The number of rotatable bonds is 12. The summed E-state index contributed by atoms with van der Waals surface area (Å²) in [5, 5.41) is 12.3. The van der Waals surface area contributed by atoms with E-state index in [9.17, 15) is 0 Å². The topological polar surface area (TPSA) is 102 Å². The highest BCUT2D eigenvalue weighted by atomic mass is 16.5. The van der Waals surface area contributed by atoms with Crippen LogP contribution in [-0.4, -0.2) is 51.2 Å². The predicted molar refractivity (Wildman–Crippen MR) is 154 cm³/mol. The van der Waals surface area contributed by atoms with Crippen LogP contribution in [0.3, 0.4) is 0 Å². The maximum Gasteiger partial charge on any atom is 0.156 e. The first-order chi connectivity index (χ1) is 19.0. The van der Waals surface area contributed by atoms with E-state index in [1.165, 1.54) is 6.33 Å². The lowest BCUT2D eigenvalue weighted by Crippen LogP contribution is -2.26. The Morgan fingerprint density at radius 2 is 1.49 bits per heavy atom. The van der Waals surface area contributed by atoms with Crippen LogP contribution in [0, 0.1) is 5.41 Å². The third-order valence-electron chi connectivity index (χ3n) is 6.94. The molecule has 0 aliphatic heterocycles. The Balaban J connectivity index is 1.81.